The van der Waals surface area contributed by atoms with Gasteiger partial charge in [-0.15, -0.1) is 0 Å². The molecule has 0 radical (unpaired) electrons. The molecule has 0 saturated heterocycles. The van der Waals surface area contributed by atoms with E-state index in [-0.39, 0.29) is 0 Å². The Morgan fingerprint density at radius 3 is 2.23 bits per heavy atom. The predicted molar refractivity (Wildman–Crippen MR) is 44.6 cm³/mol. The van der Waals surface area contributed by atoms with Crippen molar-refractivity contribution < 1.29 is 13.3 Å². The second-order valence-corrected chi connectivity index (χ2v) is 3.67. The number of hydrogen-bond acceptors (Lipinski definition) is 4. The van der Waals surface area contributed by atoms with Crippen molar-refractivity contribution in [3.63, 3.8) is 0 Å². The zero-order valence-electron chi connectivity index (χ0n) is 6.30. The SMILES string of the molecule is [NH-]S(=O)(=O)c1ccccc1[N+](=O)[O-]. The van der Waals surface area contributed by atoms with Crippen molar-refractivity contribution in [3.05, 3.63) is 39.5 Å². The number of nitro benzene ring substituents is 1. The third-order valence-electron chi connectivity index (χ3n) is 1.35. The molecule has 70 valence electrons. The van der Waals surface area contributed by atoms with Gasteiger partial charge in [-0.3, -0.25) is 10.1 Å². The fraction of sp³-hybridized carbons (Fsp3) is 0. The fourth-order valence-corrected chi connectivity index (χ4v) is 1.51. The lowest BCUT2D eigenvalue weighted by molar-refractivity contribution is -0.387. The van der Waals surface area contributed by atoms with E-state index in [0.717, 1.165) is 12.1 Å². The van der Waals surface area contributed by atoms with E-state index in [0.29, 0.717) is 0 Å². The molecular weight excluding hydrogens is 196 g/mol. The molecule has 0 saturated carbocycles. The first-order valence-electron chi connectivity index (χ1n) is 3.16. The number of nitrogens with zero attached hydrogens (tertiary/aromatic N) is 1. The Bertz CT molecular complexity index is 440. The number of nitrogens with one attached hydrogen (secondary N) is 1. The molecule has 0 unspecified atom stereocenters. The zero-order valence-corrected chi connectivity index (χ0v) is 7.11. The smallest absolute Gasteiger partial charge is 0.286 e. The molecular formula is C6H5N2O4S-. The minimum absolute atomic E-state index is 0.572. The predicted octanol–water partition coefficient (Wildman–Crippen LogP) is 1.34. The van der Waals surface area contributed by atoms with Crippen LogP contribution >= 0.6 is 0 Å². The number of hydrogen-bond donors (Lipinski definition) is 0. The third-order valence-corrected chi connectivity index (χ3v) is 2.28. The second-order valence-electron chi connectivity index (χ2n) is 2.23. The summed E-state index contributed by atoms with van der Waals surface area (Å²) in [5.41, 5.74) is -0.572. The quantitative estimate of drug-likeness (QED) is 0.532. The normalized spacial score (nSPS) is 11.2. The summed E-state index contributed by atoms with van der Waals surface area (Å²) in [4.78, 5) is 8.91. The van der Waals surface area contributed by atoms with Gasteiger partial charge in [0, 0.05) is 6.07 Å². The van der Waals surface area contributed by atoms with E-state index in [1.54, 1.807) is 0 Å². The van der Waals surface area contributed by atoms with E-state index in [9.17, 15) is 18.5 Å². The summed E-state index contributed by atoms with van der Waals surface area (Å²) in [6.07, 6.45) is 0. The van der Waals surface area contributed by atoms with E-state index in [2.05, 4.69) is 0 Å². The Morgan fingerprint density at radius 1 is 1.31 bits per heavy atom. The van der Waals surface area contributed by atoms with Crippen LogP contribution in [0.3, 0.4) is 0 Å². The molecule has 0 spiro atoms. The molecule has 13 heavy (non-hydrogen) atoms. The fourth-order valence-electron chi connectivity index (χ4n) is 0.835. The van der Waals surface area contributed by atoms with Crippen molar-refractivity contribution in [2.45, 2.75) is 4.90 Å². The van der Waals surface area contributed by atoms with E-state index >= 15 is 0 Å². The number of rotatable bonds is 2. The summed E-state index contributed by atoms with van der Waals surface area (Å²) in [7, 11) is -4.27. The van der Waals surface area contributed by atoms with Crippen molar-refractivity contribution in [1.29, 1.82) is 0 Å². The average Bonchev–Trinajstić information content (AvgIpc) is 2.03. The minimum Gasteiger partial charge on any atom is -0.560 e. The summed E-state index contributed by atoms with van der Waals surface area (Å²) in [6.45, 7) is 0. The molecule has 0 aliphatic carbocycles. The van der Waals surface area contributed by atoms with Crippen LogP contribution in [0.1, 0.15) is 0 Å². The highest BCUT2D eigenvalue weighted by Crippen LogP contribution is 2.23. The molecule has 0 heterocycles. The van der Waals surface area contributed by atoms with Gasteiger partial charge in [-0.1, -0.05) is 12.1 Å². The lowest BCUT2D eigenvalue weighted by atomic mass is 10.3. The van der Waals surface area contributed by atoms with Crippen LogP contribution in [0.25, 0.3) is 5.14 Å². The molecule has 0 fully saturated rings. The topological polar surface area (TPSA) is 101 Å². The molecule has 6 nitrogen and oxygen atoms in total. The monoisotopic (exact) mass is 201 g/mol. The zero-order chi connectivity index (χ0) is 10.1. The molecule has 1 aromatic rings. The molecule has 0 aliphatic rings. The number of benzene rings is 1. The first-order valence-corrected chi connectivity index (χ1v) is 4.64. The van der Waals surface area contributed by atoms with Gasteiger partial charge in [0.05, 0.1) is 4.92 Å². The maximum Gasteiger partial charge on any atom is 0.286 e. The molecule has 0 aliphatic heterocycles. The van der Waals surface area contributed by atoms with Crippen molar-refractivity contribution in [1.82, 2.24) is 0 Å². The molecule has 0 amide bonds. The summed E-state index contributed by atoms with van der Waals surface area (Å²) < 4.78 is 21.4. The molecule has 1 rings (SSSR count). The Hall–Kier alpha value is -1.47. The van der Waals surface area contributed by atoms with Gasteiger partial charge in [0.15, 0.2) is 0 Å². The minimum atomic E-state index is -4.27. The number of sulfonamides is 1. The molecule has 7 heteroatoms. The number of nitro groups is 1. The van der Waals surface area contributed by atoms with Gasteiger partial charge in [-0.2, -0.15) is 0 Å². The highest BCUT2D eigenvalue weighted by Gasteiger charge is 2.16. The van der Waals surface area contributed by atoms with Gasteiger partial charge in [0.25, 0.3) is 5.69 Å². The van der Waals surface area contributed by atoms with Gasteiger partial charge >= 0.3 is 0 Å². The van der Waals surface area contributed by atoms with Crippen LogP contribution in [0.15, 0.2) is 29.2 Å². The first kappa shape index (κ1) is 9.62. The number of para-hydroxylation sites is 1. The summed E-state index contributed by atoms with van der Waals surface area (Å²) in [5, 5.41) is 17.0. The first-order chi connectivity index (χ1) is 5.93. The maximum atomic E-state index is 10.7. The van der Waals surface area contributed by atoms with E-state index in [1.807, 2.05) is 0 Å². The highest BCUT2D eigenvalue weighted by molar-refractivity contribution is 7.93. The van der Waals surface area contributed by atoms with Crippen LogP contribution < -0.4 is 0 Å². The van der Waals surface area contributed by atoms with Gasteiger partial charge in [-0.05, 0) is 6.07 Å². The van der Waals surface area contributed by atoms with Crippen LogP contribution in [-0.2, 0) is 10.0 Å². The lowest BCUT2D eigenvalue weighted by Crippen LogP contribution is -1.99. The second kappa shape index (κ2) is 3.11. The Morgan fingerprint density at radius 2 is 1.85 bits per heavy atom. The van der Waals surface area contributed by atoms with Crippen LogP contribution in [0.2, 0.25) is 0 Å². The molecule has 0 atom stereocenters. The van der Waals surface area contributed by atoms with Gasteiger partial charge in [0.1, 0.15) is 14.9 Å². The van der Waals surface area contributed by atoms with Gasteiger partial charge < -0.3 is 5.14 Å². The Kier molecular flexibility index (Phi) is 2.30. The maximum absolute atomic E-state index is 10.7. The van der Waals surface area contributed by atoms with Crippen LogP contribution in [0.4, 0.5) is 5.69 Å². The summed E-state index contributed by atoms with van der Waals surface area (Å²) in [5.74, 6) is 0. The summed E-state index contributed by atoms with van der Waals surface area (Å²) >= 11 is 0. The molecule has 0 bridgehead atoms. The average molecular weight is 201 g/mol. The Labute approximate surface area is 74.2 Å². The molecule has 1 N–H and O–H groups in total. The van der Waals surface area contributed by atoms with E-state index in [4.69, 9.17) is 5.14 Å². The Balaban J connectivity index is 3.46. The van der Waals surface area contributed by atoms with Crippen LogP contribution in [0.5, 0.6) is 0 Å². The third kappa shape index (κ3) is 2.01. The van der Waals surface area contributed by atoms with Crippen LogP contribution in [-0.4, -0.2) is 13.3 Å². The summed E-state index contributed by atoms with van der Waals surface area (Å²) in [6, 6.07) is 4.74. The van der Waals surface area contributed by atoms with Gasteiger partial charge in [-0.25, -0.2) is 8.42 Å². The van der Waals surface area contributed by atoms with Gasteiger partial charge in [0.2, 0.25) is 0 Å². The van der Waals surface area contributed by atoms with Crippen molar-refractivity contribution in [2.24, 2.45) is 0 Å². The standard InChI is InChI=1S/C6H5N2O4S/c7-13(11,12)6-4-2-1-3-5(6)8(9)10/h1-4H,(H-,7,11,12)/q-1. The van der Waals surface area contributed by atoms with Crippen molar-refractivity contribution >= 4 is 15.7 Å². The largest absolute Gasteiger partial charge is 0.560 e. The molecule has 1 aromatic carbocycles. The van der Waals surface area contributed by atoms with Crippen LogP contribution in [0, 0.1) is 10.1 Å². The van der Waals surface area contributed by atoms with E-state index in [1.165, 1.54) is 12.1 Å². The van der Waals surface area contributed by atoms with Crippen molar-refractivity contribution in [2.75, 3.05) is 0 Å². The van der Waals surface area contributed by atoms with Crippen molar-refractivity contribution in [3.8, 4) is 0 Å². The van der Waals surface area contributed by atoms with E-state index < -0.39 is 25.5 Å². The molecule has 0 aromatic heterocycles. The highest BCUT2D eigenvalue weighted by atomic mass is 32.2. The lowest BCUT2D eigenvalue weighted by Gasteiger charge is -2.04.